The summed E-state index contributed by atoms with van der Waals surface area (Å²) in [6.45, 7) is 5.43. The number of carbonyl (C=O) groups is 1. The molecule has 11 heteroatoms. The van der Waals surface area contributed by atoms with Crippen molar-refractivity contribution < 1.29 is 9.53 Å². The van der Waals surface area contributed by atoms with Gasteiger partial charge in [0.25, 0.3) is 0 Å². The lowest BCUT2D eigenvalue weighted by molar-refractivity contribution is 0.0222. The molecule has 34 heavy (non-hydrogen) atoms. The lowest BCUT2D eigenvalue weighted by Crippen LogP contribution is -2.48. The number of aromatic nitrogens is 5. The van der Waals surface area contributed by atoms with Gasteiger partial charge < -0.3 is 26.0 Å². The number of rotatable bonds is 4. The Balaban J connectivity index is 1.40. The highest BCUT2D eigenvalue weighted by Gasteiger charge is 2.24. The fourth-order valence-corrected chi connectivity index (χ4v) is 3.92. The summed E-state index contributed by atoms with van der Waals surface area (Å²) in [5.74, 6) is 1.51. The second kappa shape index (κ2) is 8.94. The number of morpholine rings is 1. The van der Waals surface area contributed by atoms with E-state index in [1.54, 1.807) is 28.6 Å². The largest absolute Gasteiger partial charge is 0.384 e. The zero-order chi connectivity index (χ0) is 23.7. The maximum atomic E-state index is 12.6. The van der Waals surface area contributed by atoms with Gasteiger partial charge in [-0.15, -0.1) is 0 Å². The maximum absolute atomic E-state index is 12.6. The number of anilines is 4. The lowest BCUT2D eigenvalue weighted by atomic mass is 10.2. The number of benzene rings is 1. The molecule has 1 fully saturated rings. The number of ether oxygens (including phenoxy) is 1. The van der Waals surface area contributed by atoms with Gasteiger partial charge in [0, 0.05) is 30.2 Å². The van der Waals surface area contributed by atoms with Crippen molar-refractivity contribution >= 4 is 34.7 Å². The third-order valence-electron chi connectivity index (χ3n) is 5.52. The number of hydrogen-bond acceptors (Lipinski definition) is 8. The van der Waals surface area contributed by atoms with Gasteiger partial charge in [0.05, 0.1) is 24.9 Å². The summed E-state index contributed by atoms with van der Waals surface area (Å²) >= 11 is 0. The number of nitrogens with zero attached hydrogens (tertiary/aromatic N) is 6. The van der Waals surface area contributed by atoms with E-state index in [0.29, 0.717) is 59.9 Å². The molecule has 0 bridgehead atoms. The minimum absolute atomic E-state index is 0.0382. The molecule has 4 heterocycles. The number of nitrogens with one attached hydrogen (secondary N) is 2. The van der Waals surface area contributed by atoms with Gasteiger partial charge in [0.2, 0.25) is 0 Å². The summed E-state index contributed by atoms with van der Waals surface area (Å²) in [6, 6.07) is 12.7. The predicted octanol–water partition coefficient (Wildman–Crippen LogP) is 3.07. The van der Waals surface area contributed by atoms with Crippen molar-refractivity contribution in [3.05, 3.63) is 54.5 Å². The van der Waals surface area contributed by atoms with Crippen molar-refractivity contribution in [2.45, 2.75) is 19.9 Å². The zero-order valence-electron chi connectivity index (χ0n) is 18.9. The molecule has 0 spiro atoms. The van der Waals surface area contributed by atoms with Crippen LogP contribution in [0.4, 0.5) is 27.8 Å². The predicted molar refractivity (Wildman–Crippen MR) is 129 cm³/mol. The Hall–Kier alpha value is -4.25. The number of urea groups is 1. The van der Waals surface area contributed by atoms with E-state index in [9.17, 15) is 4.79 Å². The van der Waals surface area contributed by atoms with Crippen molar-refractivity contribution in [2.75, 3.05) is 36.1 Å². The molecule has 4 aromatic rings. The van der Waals surface area contributed by atoms with Crippen molar-refractivity contribution in [1.82, 2.24) is 29.5 Å². The number of fused-ring (bicyclic) bond motifs is 1. The Bertz CT molecular complexity index is 1320. The van der Waals surface area contributed by atoms with Gasteiger partial charge in [0.15, 0.2) is 11.5 Å². The summed E-state index contributed by atoms with van der Waals surface area (Å²) in [5.41, 5.74) is 9.41. The molecule has 5 rings (SSSR count). The van der Waals surface area contributed by atoms with Crippen LogP contribution >= 0.6 is 0 Å². The molecule has 2 amide bonds. The normalized spacial score (nSPS) is 15.9. The van der Waals surface area contributed by atoms with E-state index in [1.807, 2.05) is 43.3 Å². The molecule has 1 saturated heterocycles. The number of nitrogen functional groups attached to an aromatic ring is 1. The average Bonchev–Trinajstić information content (AvgIpc) is 3.18. The van der Waals surface area contributed by atoms with Gasteiger partial charge in [-0.25, -0.2) is 24.3 Å². The summed E-state index contributed by atoms with van der Waals surface area (Å²) in [7, 11) is 0. The van der Waals surface area contributed by atoms with E-state index in [4.69, 9.17) is 10.5 Å². The average molecular weight is 460 g/mol. The van der Waals surface area contributed by atoms with Crippen LogP contribution in [0.15, 0.2) is 48.7 Å². The van der Waals surface area contributed by atoms with Gasteiger partial charge in [0.1, 0.15) is 17.3 Å². The van der Waals surface area contributed by atoms with Gasteiger partial charge >= 0.3 is 6.03 Å². The highest BCUT2D eigenvalue weighted by atomic mass is 16.5. The Kier molecular flexibility index (Phi) is 5.68. The highest BCUT2D eigenvalue weighted by molar-refractivity contribution is 5.90. The molecule has 1 aromatic carbocycles. The third kappa shape index (κ3) is 4.33. The van der Waals surface area contributed by atoms with Crippen LogP contribution in [-0.4, -0.2) is 61.3 Å². The van der Waals surface area contributed by atoms with E-state index in [-0.39, 0.29) is 12.1 Å². The summed E-state index contributed by atoms with van der Waals surface area (Å²) < 4.78 is 7.11. The summed E-state index contributed by atoms with van der Waals surface area (Å²) in [5, 5.41) is 10.7. The number of imidazole rings is 1. The maximum Gasteiger partial charge on any atom is 0.322 e. The van der Waals surface area contributed by atoms with E-state index >= 15 is 0 Å². The second-order valence-electron chi connectivity index (χ2n) is 8.08. The monoisotopic (exact) mass is 459 g/mol. The summed E-state index contributed by atoms with van der Waals surface area (Å²) in [6.07, 6.45) is 1.69. The van der Waals surface area contributed by atoms with Crippen molar-refractivity contribution in [3.8, 4) is 11.4 Å². The van der Waals surface area contributed by atoms with Gasteiger partial charge in [-0.2, -0.15) is 5.10 Å². The molecule has 0 unspecified atom stereocenters. The molecule has 11 nitrogen and oxygen atoms in total. The first-order valence-electron chi connectivity index (χ1n) is 11.0. The molecule has 0 radical (unpaired) electrons. The molecule has 1 aliphatic heterocycles. The Morgan fingerprint density at radius 2 is 1.94 bits per heavy atom. The van der Waals surface area contributed by atoms with Crippen LogP contribution in [0.2, 0.25) is 0 Å². The molecule has 0 saturated carbocycles. The van der Waals surface area contributed by atoms with Crippen LogP contribution in [-0.2, 0) is 4.74 Å². The quantitative estimate of drug-likeness (QED) is 0.424. The van der Waals surface area contributed by atoms with Crippen LogP contribution < -0.4 is 16.4 Å². The van der Waals surface area contributed by atoms with Crippen molar-refractivity contribution in [1.29, 1.82) is 0 Å². The van der Waals surface area contributed by atoms with Gasteiger partial charge in [-0.1, -0.05) is 0 Å². The van der Waals surface area contributed by atoms with Crippen LogP contribution in [0, 0.1) is 6.92 Å². The SMILES string of the molecule is Cc1nc(N)cc(-c2c(Nc3ccc(NC(=O)N4CCOC[C@H]4C)cc3)nc3cccnn23)n1. The molecular weight excluding hydrogens is 434 g/mol. The molecule has 1 atom stereocenters. The summed E-state index contributed by atoms with van der Waals surface area (Å²) in [4.78, 5) is 27.8. The molecule has 0 aliphatic carbocycles. The van der Waals surface area contributed by atoms with E-state index < -0.39 is 0 Å². The number of aryl methyl sites for hydroxylation is 1. The first-order chi connectivity index (χ1) is 16.5. The molecule has 3 aromatic heterocycles. The Morgan fingerprint density at radius 3 is 2.71 bits per heavy atom. The van der Waals surface area contributed by atoms with Crippen LogP contribution in [0.3, 0.4) is 0 Å². The van der Waals surface area contributed by atoms with Crippen molar-refractivity contribution in [2.24, 2.45) is 0 Å². The number of hydrogen-bond donors (Lipinski definition) is 3. The fourth-order valence-electron chi connectivity index (χ4n) is 3.92. The Labute approximate surface area is 196 Å². The minimum atomic E-state index is -0.137. The number of nitrogens with two attached hydrogens (primary N) is 1. The topological polar surface area (TPSA) is 136 Å². The molecular formula is C23H25N9O2. The van der Waals surface area contributed by atoms with Crippen LogP contribution in [0.25, 0.3) is 17.0 Å². The molecule has 4 N–H and O–H groups in total. The smallest absolute Gasteiger partial charge is 0.322 e. The third-order valence-corrected chi connectivity index (χ3v) is 5.52. The molecule has 174 valence electrons. The zero-order valence-corrected chi connectivity index (χ0v) is 18.9. The number of amides is 2. The van der Waals surface area contributed by atoms with E-state index in [0.717, 1.165) is 5.69 Å². The van der Waals surface area contributed by atoms with Gasteiger partial charge in [-0.05, 0) is 50.2 Å². The second-order valence-corrected chi connectivity index (χ2v) is 8.08. The van der Waals surface area contributed by atoms with Crippen LogP contribution in [0.1, 0.15) is 12.7 Å². The lowest BCUT2D eigenvalue weighted by Gasteiger charge is -2.33. The van der Waals surface area contributed by atoms with Crippen molar-refractivity contribution in [3.63, 3.8) is 0 Å². The van der Waals surface area contributed by atoms with Crippen LogP contribution in [0.5, 0.6) is 0 Å². The highest BCUT2D eigenvalue weighted by Crippen LogP contribution is 2.30. The van der Waals surface area contributed by atoms with E-state index in [2.05, 4.69) is 30.7 Å². The standard InChI is InChI=1S/C23H25N9O2/c1-14-13-34-11-10-31(14)23(33)29-17-7-5-16(6-8-17)28-22-21(18-12-19(24)27-15(2)26-18)32-20(30-22)4-3-9-25-32/h3-9,12,14,28H,10-11,13H2,1-2H3,(H,29,33)(H2,24,26,27)/t14-/m1/s1. The Morgan fingerprint density at radius 1 is 1.15 bits per heavy atom. The number of carbonyl (C=O) groups excluding carboxylic acids is 1. The first-order valence-corrected chi connectivity index (χ1v) is 11.0. The fraction of sp³-hybridized carbons (Fsp3) is 0.261. The first kappa shape index (κ1) is 21.6. The minimum Gasteiger partial charge on any atom is -0.384 e. The van der Waals surface area contributed by atoms with Gasteiger partial charge in [-0.3, -0.25) is 0 Å². The van der Waals surface area contributed by atoms with E-state index in [1.165, 1.54) is 0 Å². The molecule has 1 aliphatic rings.